The first kappa shape index (κ1) is 12.1. The number of likely N-dealkylation sites (N-methyl/N-ethyl adjacent to an activating group) is 1. The van der Waals surface area contributed by atoms with Gasteiger partial charge in [0.2, 0.25) is 0 Å². The smallest absolute Gasteiger partial charge is 0.123 e. The Morgan fingerprint density at radius 2 is 2.13 bits per heavy atom. The van der Waals surface area contributed by atoms with E-state index in [0.717, 1.165) is 5.56 Å². The Balaban J connectivity index is 2.65. The minimum absolute atomic E-state index is 0.0445. The standard InChI is InChI=1S/C12H18FNO/c1-9(2)15-8-12(14-3)10-5-4-6-11(13)7-10/h4-7,9,12,14H,8H2,1-3H3. The van der Waals surface area contributed by atoms with Crippen LogP contribution < -0.4 is 5.32 Å². The lowest BCUT2D eigenvalue weighted by Gasteiger charge is -2.18. The molecule has 3 heteroatoms. The summed E-state index contributed by atoms with van der Waals surface area (Å²) in [4.78, 5) is 0. The Morgan fingerprint density at radius 3 is 2.67 bits per heavy atom. The van der Waals surface area contributed by atoms with Crippen molar-refractivity contribution in [2.75, 3.05) is 13.7 Å². The molecule has 0 fully saturated rings. The van der Waals surface area contributed by atoms with E-state index in [9.17, 15) is 4.39 Å². The van der Waals surface area contributed by atoms with Gasteiger partial charge in [0, 0.05) is 0 Å². The number of rotatable bonds is 5. The van der Waals surface area contributed by atoms with E-state index in [0.29, 0.717) is 6.61 Å². The highest BCUT2D eigenvalue weighted by Crippen LogP contribution is 2.14. The fraction of sp³-hybridized carbons (Fsp3) is 0.500. The monoisotopic (exact) mass is 211 g/mol. The highest BCUT2D eigenvalue weighted by Gasteiger charge is 2.10. The number of ether oxygens (including phenoxy) is 1. The van der Waals surface area contributed by atoms with Crippen LogP contribution in [-0.2, 0) is 4.74 Å². The summed E-state index contributed by atoms with van der Waals surface area (Å²) in [6.07, 6.45) is 0.189. The van der Waals surface area contributed by atoms with Gasteiger partial charge in [-0.05, 0) is 38.6 Å². The molecular formula is C12H18FNO. The normalized spacial score (nSPS) is 13.1. The average molecular weight is 211 g/mol. The maximum atomic E-state index is 13.0. The van der Waals surface area contributed by atoms with Gasteiger partial charge in [-0.25, -0.2) is 4.39 Å². The van der Waals surface area contributed by atoms with Gasteiger partial charge < -0.3 is 10.1 Å². The number of halogens is 1. The van der Waals surface area contributed by atoms with Crippen molar-refractivity contribution in [3.8, 4) is 0 Å². The molecule has 84 valence electrons. The van der Waals surface area contributed by atoms with Crippen molar-refractivity contribution in [2.24, 2.45) is 0 Å². The average Bonchev–Trinajstić information content (AvgIpc) is 2.18. The van der Waals surface area contributed by atoms with Crippen molar-refractivity contribution in [1.82, 2.24) is 5.32 Å². The van der Waals surface area contributed by atoms with Gasteiger partial charge in [-0.15, -0.1) is 0 Å². The lowest BCUT2D eigenvalue weighted by atomic mass is 10.1. The van der Waals surface area contributed by atoms with Gasteiger partial charge in [0.25, 0.3) is 0 Å². The molecule has 0 aliphatic carbocycles. The third kappa shape index (κ3) is 3.98. The molecule has 0 aromatic heterocycles. The highest BCUT2D eigenvalue weighted by molar-refractivity contribution is 5.20. The number of benzene rings is 1. The van der Waals surface area contributed by atoms with E-state index in [1.807, 2.05) is 27.0 Å². The lowest BCUT2D eigenvalue weighted by molar-refractivity contribution is 0.0626. The van der Waals surface area contributed by atoms with E-state index in [-0.39, 0.29) is 18.0 Å². The fourth-order valence-corrected chi connectivity index (χ4v) is 1.36. The van der Waals surface area contributed by atoms with E-state index >= 15 is 0 Å². The molecule has 0 bridgehead atoms. The molecule has 1 atom stereocenters. The highest BCUT2D eigenvalue weighted by atomic mass is 19.1. The number of hydrogen-bond donors (Lipinski definition) is 1. The predicted octanol–water partition coefficient (Wildman–Crippen LogP) is 2.51. The van der Waals surface area contributed by atoms with Gasteiger partial charge in [-0.2, -0.15) is 0 Å². The molecule has 1 aromatic carbocycles. The van der Waals surface area contributed by atoms with Crippen molar-refractivity contribution >= 4 is 0 Å². The van der Waals surface area contributed by atoms with Crippen molar-refractivity contribution in [3.05, 3.63) is 35.6 Å². The lowest BCUT2D eigenvalue weighted by Crippen LogP contribution is -2.23. The first-order valence-electron chi connectivity index (χ1n) is 5.18. The molecule has 2 nitrogen and oxygen atoms in total. The van der Waals surface area contributed by atoms with Crippen LogP contribution in [0.3, 0.4) is 0 Å². The summed E-state index contributed by atoms with van der Waals surface area (Å²) in [7, 11) is 1.85. The van der Waals surface area contributed by atoms with Gasteiger partial charge in [0.1, 0.15) is 5.82 Å². The summed E-state index contributed by atoms with van der Waals surface area (Å²) in [6.45, 7) is 4.52. The van der Waals surface area contributed by atoms with Crippen LogP contribution in [0.1, 0.15) is 25.5 Å². The summed E-state index contributed by atoms with van der Waals surface area (Å²) >= 11 is 0. The molecule has 0 spiro atoms. The molecule has 0 heterocycles. The first-order valence-corrected chi connectivity index (χ1v) is 5.18. The molecule has 0 aliphatic heterocycles. The van der Waals surface area contributed by atoms with Crippen LogP contribution in [0.15, 0.2) is 24.3 Å². The van der Waals surface area contributed by atoms with Crippen LogP contribution in [0, 0.1) is 5.82 Å². The molecule has 1 aromatic rings. The number of hydrogen-bond acceptors (Lipinski definition) is 2. The molecule has 15 heavy (non-hydrogen) atoms. The Kier molecular flexibility index (Phi) is 4.72. The van der Waals surface area contributed by atoms with Crippen molar-refractivity contribution in [1.29, 1.82) is 0 Å². The van der Waals surface area contributed by atoms with Crippen LogP contribution in [-0.4, -0.2) is 19.8 Å². The maximum absolute atomic E-state index is 13.0. The fourth-order valence-electron chi connectivity index (χ4n) is 1.36. The quantitative estimate of drug-likeness (QED) is 0.808. The Bertz CT molecular complexity index is 301. The van der Waals surface area contributed by atoms with Crippen LogP contribution in [0.25, 0.3) is 0 Å². The first-order chi connectivity index (χ1) is 7.13. The second-order valence-electron chi connectivity index (χ2n) is 3.78. The second kappa shape index (κ2) is 5.83. The van der Waals surface area contributed by atoms with Crippen LogP contribution >= 0.6 is 0 Å². The third-order valence-electron chi connectivity index (χ3n) is 2.20. The van der Waals surface area contributed by atoms with E-state index in [1.54, 1.807) is 6.07 Å². The van der Waals surface area contributed by atoms with Gasteiger partial charge in [0.05, 0.1) is 18.8 Å². The Hall–Kier alpha value is -0.930. The number of nitrogens with one attached hydrogen (secondary N) is 1. The molecule has 1 unspecified atom stereocenters. The van der Waals surface area contributed by atoms with Crippen molar-refractivity contribution in [3.63, 3.8) is 0 Å². The molecule has 0 saturated heterocycles. The zero-order chi connectivity index (χ0) is 11.3. The van der Waals surface area contributed by atoms with Crippen LogP contribution in [0.4, 0.5) is 4.39 Å². The second-order valence-corrected chi connectivity index (χ2v) is 3.78. The molecule has 0 saturated carbocycles. The zero-order valence-electron chi connectivity index (χ0n) is 9.46. The van der Waals surface area contributed by atoms with Gasteiger partial charge in [-0.3, -0.25) is 0 Å². The third-order valence-corrected chi connectivity index (χ3v) is 2.20. The molecule has 1 rings (SSSR count). The predicted molar refractivity (Wildman–Crippen MR) is 59.3 cm³/mol. The summed E-state index contributed by atoms with van der Waals surface area (Å²) < 4.78 is 18.5. The van der Waals surface area contributed by atoms with Crippen LogP contribution in [0.5, 0.6) is 0 Å². The summed E-state index contributed by atoms with van der Waals surface area (Å²) in [5.74, 6) is -0.211. The molecule has 0 radical (unpaired) electrons. The Morgan fingerprint density at radius 1 is 1.40 bits per heavy atom. The van der Waals surface area contributed by atoms with E-state index in [1.165, 1.54) is 12.1 Å². The summed E-state index contributed by atoms with van der Waals surface area (Å²) in [6, 6.07) is 6.63. The van der Waals surface area contributed by atoms with E-state index in [2.05, 4.69) is 5.32 Å². The van der Waals surface area contributed by atoms with Gasteiger partial charge in [-0.1, -0.05) is 12.1 Å². The molecule has 0 amide bonds. The largest absolute Gasteiger partial charge is 0.377 e. The minimum Gasteiger partial charge on any atom is -0.377 e. The van der Waals surface area contributed by atoms with Crippen LogP contribution in [0.2, 0.25) is 0 Å². The molecular weight excluding hydrogens is 193 g/mol. The van der Waals surface area contributed by atoms with Gasteiger partial charge >= 0.3 is 0 Å². The summed E-state index contributed by atoms with van der Waals surface area (Å²) in [5, 5.41) is 3.11. The Labute approximate surface area is 90.4 Å². The summed E-state index contributed by atoms with van der Waals surface area (Å²) in [5.41, 5.74) is 0.915. The maximum Gasteiger partial charge on any atom is 0.123 e. The minimum atomic E-state index is -0.211. The van der Waals surface area contributed by atoms with E-state index < -0.39 is 0 Å². The molecule has 0 aliphatic rings. The topological polar surface area (TPSA) is 21.3 Å². The molecule has 1 N–H and O–H groups in total. The van der Waals surface area contributed by atoms with E-state index in [4.69, 9.17) is 4.74 Å². The SMILES string of the molecule is CNC(COC(C)C)c1cccc(F)c1. The van der Waals surface area contributed by atoms with Gasteiger partial charge in [0.15, 0.2) is 0 Å². The van der Waals surface area contributed by atoms with Crippen molar-refractivity contribution < 1.29 is 9.13 Å². The van der Waals surface area contributed by atoms with Crippen molar-refractivity contribution in [2.45, 2.75) is 26.0 Å². The zero-order valence-corrected chi connectivity index (χ0v) is 9.46.